The molecular weight excluding hydrogens is 276 g/mol. The maximum Gasteiger partial charge on any atom is 0.307 e. The van der Waals surface area contributed by atoms with Crippen molar-refractivity contribution in [2.45, 2.75) is 12.5 Å². The van der Waals surface area contributed by atoms with E-state index in [1.54, 1.807) is 18.2 Å². The summed E-state index contributed by atoms with van der Waals surface area (Å²) < 4.78 is 11.4. The molecule has 0 saturated carbocycles. The Bertz CT molecular complexity index is 401. The largest absolute Gasteiger partial charge is 0.490 e. The molecule has 2 rings (SSSR count). The number of carbonyl (C=O) groups is 1. The first-order valence-corrected chi connectivity index (χ1v) is 5.69. The van der Waals surface area contributed by atoms with E-state index in [1.165, 1.54) is 0 Å². The Morgan fingerprint density at radius 1 is 1.62 bits per heavy atom. The summed E-state index contributed by atoms with van der Waals surface area (Å²) in [6, 6.07) is 5.33. The molecule has 0 amide bonds. The maximum absolute atomic E-state index is 10.7. The first-order chi connectivity index (χ1) is 7.65. The van der Waals surface area contributed by atoms with Gasteiger partial charge in [0.25, 0.3) is 0 Å². The van der Waals surface area contributed by atoms with Crippen LogP contribution in [0.4, 0.5) is 0 Å². The van der Waals surface area contributed by atoms with Gasteiger partial charge in [0.05, 0.1) is 13.0 Å². The zero-order valence-corrected chi connectivity index (χ0v) is 10.1. The second kappa shape index (κ2) is 4.84. The van der Waals surface area contributed by atoms with Crippen LogP contribution in [0.5, 0.6) is 5.75 Å². The zero-order valence-electron chi connectivity index (χ0n) is 8.48. The summed E-state index contributed by atoms with van der Waals surface area (Å²) in [6.45, 7) is 1.20. The lowest BCUT2D eigenvalue weighted by Crippen LogP contribution is -2.08. The zero-order chi connectivity index (χ0) is 11.5. The molecule has 1 aliphatic rings. The third kappa shape index (κ3) is 3.21. The summed E-state index contributed by atoms with van der Waals surface area (Å²) in [5.74, 6) is -0.262. The van der Waals surface area contributed by atoms with Crippen LogP contribution in [0.25, 0.3) is 0 Å². The topological polar surface area (TPSA) is 59.1 Å². The molecule has 0 aliphatic carbocycles. The number of halogens is 1. The van der Waals surface area contributed by atoms with Gasteiger partial charge in [-0.25, -0.2) is 0 Å². The van der Waals surface area contributed by atoms with Crippen molar-refractivity contribution in [3.05, 3.63) is 28.2 Å². The third-order valence-electron chi connectivity index (χ3n) is 2.20. The molecule has 4 nitrogen and oxygen atoms in total. The highest BCUT2D eigenvalue weighted by Crippen LogP contribution is 2.25. The number of rotatable bonds is 5. The van der Waals surface area contributed by atoms with Gasteiger partial charge in [0, 0.05) is 10.0 Å². The average molecular weight is 287 g/mol. The van der Waals surface area contributed by atoms with E-state index >= 15 is 0 Å². The standard InChI is InChI=1S/C11H11BrO4/c12-8-2-1-7(3-11(13)14)10(4-8)16-6-9-5-15-9/h1-2,4,9H,3,5-6H2,(H,13,14). The molecular formula is C11H11BrO4. The van der Waals surface area contributed by atoms with Gasteiger partial charge in [-0.3, -0.25) is 4.79 Å². The molecule has 0 aromatic heterocycles. The van der Waals surface area contributed by atoms with Gasteiger partial charge in [0.15, 0.2) is 0 Å². The van der Waals surface area contributed by atoms with Crippen molar-refractivity contribution in [2.24, 2.45) is 0 Å². The number of hydrogen-bond donors (Lipinski definition) is 1. The lowest BCUT2D eigenvalue weighted by molar-refractivity contribution is -0.136. The van der Waals surface area contributed by atoms with Crippen LogP contribution in [0, 0.1) is 0 Å². The number of benzene rings is 1. The van der Waals surface area contributed by atoms with Gasteiger partial charge >= 0.3 is 5.97 Å². The predicted molar refractivity (Wildman–Crippen MR) is 60.7 cm³/mol. The van der Waals surface area contributed by atoms with Crippen molar-refractivity contribution in [3.8, 4) is 5.75 Å². The summed E-state index contributed by atoms with van der Waals surface area (Å²) in [5.41, 5.74) is 0.677. The van der Waals surface area contributed by atoms with Gasteiger partial charge < -0.3 is 14.6 Å². The number of carboxylic acid groups (broad SMARTS) is 1. The summed E-state index contributed by atoms with van der Waals surface area (Å²) in [5, 5.41) is 8.76. The number of aliphatic carboxylic acids is 1. The summed E-state index contributed by atoms with van der Waals surface area (Å²) in [7, 11) is 0. The molecule has 1 unspecified atom stereocenters. The lowest BCUT2D eigenvalue weighted by atomic mass is 10.1. The van der Waals surface area contributed by atoms with Gasteiger partial charge in [-0.15, -0.1) is 0 Å². The van der Waals surface area contributed by atoms with E-state index in [9.17, 15) is 4.79 Å². The fourth-order valence-electron chi connectivity index (χ4n) is 1.32. The Morgan fingerprint density at radius 2 is 2.38 bits per heavy atom. The normalized spacial score (nSPS) is 18.2. The summed E-state index contributed by atoms with van der Waals surface area (Å²) >= 11 is 3.33. The van der Waals surface area contributed by atoms with Crippen LogP contribution in [-0.2, 0) is 16.0 Å². The van der Waals surface area contributed by atoms with Crippen LogP contribution in [0.15, 0.2) is 22.7 Å². The van der Waals surface area contributed by atoms with Gasteiger partial charge in [-0.1, -0.05) is 22.0 Å². The first-order valence-electron chi connectivity index (χ1n) is 4.90. The number of epoxide rings is 1. The monoisotopic (exact) mass is 286 g/mol. The molecule has 0 spiro atoms. The Labute approximate surface area is 101 Å². The molecule has 0 radical (unpaired) electrons. The second-order valence-corrected chi connectivity index (χ2v) is 4.50. The van der Waals surface area contributed by atoms with Crippen molar-refractivity contribution in [3.63, 3.8) is 0 Å². The van der Waals surface area contributed by atoms with Crippen LogP contribution >= 0.6 is 15.9 Å². The van der Waals surface area contributed by atoms with Gasteiger partial charge in [0.2, 0.25) is 0 Å². The van der Waals surface area contributed by atoms with E-state index in [1.807, 2.05) is 0 Å². The van der Waals surface area contributed by atoms with Crippen molar-refractivity contribution >= 4 is 21.9 Å². The second-order valence-electron chi connectivity index (χ2n) is 3.59. The molecule has 1 aliphatic heterocycles. The highest BCUT2D eigenvalue weighted by molar-refractivity contribution is 9.10. The number of carboxylic acids is 1. The molecule has 1 atom stereocenters. The summed E-state index contributed by atoms with van der Waals surface area (Å²) in [6.07, 6.45) is 0.130. The molecule has 5 heteroatoms. The molecule has 86 valence electrons. The predicted octanol–water partition coefficient (Wildman–Crippen LogP) is 1.85. The van der Waals surface area contributed by atoms with E-state index in [0.29, 0.717) is 17.9 Å². The van der Waals surface area contributed by atoms with Crippen molar-refractivity contribution in [2.75, 3.05) is 13.2 Å². The van der Waals surface area contributed by atoms with Crippen LogP contribution in [-0.4, -0.2) is 30.4 Å². The van der Waals surface area contributed by atoms with Crippen molar-refractivity contribution < 1.29 is 19.4 Å². The minimum Gasteiger partial charge on any atom is -0.490 e. The Morgan fingerprint density at radius 3 is 3.00 bits per heavy atom. The van der Waals surface area contributed by atoms with Gasteiger partial charge in [-0.05, 0) is 12.1 Å². The van der Waals surface area contributed by atoms with Crippen molar-refractivity contribution in [1.82, 2.24) is 0 Å². The summed E-state index contributed by atoms with van der Waals surface area (Å²) in [4.78, 5) is 10.7. The molecule has 1 N–H and O–H groups in total. The Hall–Kier alpha value is -1.07. The highest BCUT2D eigenvalue weighted by atomic mass is 79.9. The third-order valence-corrected chi connectivity index (χ3v) is 2.69. The molecule has 1 aromatic rings. The SMILES string of the molecule is O=C(O)Cc1ccc(Br)cc1OCC1CO1. The van der Waals surface area contributed by atoms with Crippen molar-refractivity contribution in [1.29, 1.82) is 0 Å². The van der Waals surface area contributed by atoms with E-state index in [4.69, 9.17) is 14.6 Å². The smallest absolute Gasteiger partial charge is 0.307 e. The quantitative estimate of drug-likeness (QED) is 0.840. The van der Waals surface area contributed by atoms with Gasteiger partial charge in [0.1, 0.15) is 18.5 Å². The fourth-order valence-corrected chi connectivity index (χ4v) is 1.66. The first kappa shape index (κ1) is 11.4. The van der Waals surface area contributed by atoms with E-state index in [2.05, 4.69) is 15.9 Å². The Balaban J connectivity index is 2.10. The van der Waals surface area contributed by atoms with Crippen LogP contribution in [0.3, 0.4) is 0 Å². The van der Waals surface area contributed by atoms with Gasteiger partial charge in [-0.2, -0.15) is 0 Å². The van der Waals surface area contributed by atoms with E-state index < -0.39 is 5.97 Å². The maximum atomic E-state index is 10.7. The van der Waals surface area contributed by atoms with E-state index in [-0.39, 0.29) is 12.5 Å². The average Bonchev–Trinajstić information content (AvgIpc) is 3.01. The molecule has 0 bridgehead atoms. The highest BCUT2D eigenvalue weighted by Gasteiger charge is 2.23. The molecule has 1 heterocycles. The number of ether oxygens (including phenoxy) is 2. The van der Waals surface area contributed by atoms with Crippen LogP contribution in [0.2, 0.25) is 0 Å². The fraction of sp³-hybridized carbons (Fsp3) is 0.364. The molecule has 16 heavy (non-hydrogen) atoms. The molecule has 1 fully saturated rings. The minimum absolute atomic E-state index is 0.0336. The van der Waals surface area contributed by atoms with Crippen LogP contribution in [0.1, 0.15) is 5.56 Å². The molecule has 1 saturated heterocycles. The Kier molecular flexibility index (Phi) is 3.46. The lowest BCUT2D eigenvalue weighted by Gasteiger charge is -2.09. The van der Waals surface area contributed by atoms with E-state index in [0.717, 1.165) is 11.1 Å². The minimum atomic E-state index is -0.866. The molecule has 1 aromatic carbocycles. The number of hydrogen-bond acceptors (Lipinski definition) is 3. The van der Waals surface area contributed by atoms with Crippen LogP contribution < -0.4 is 4.74 Å².